The highest BCUT2D eigenvalue weighted by molar-refractivity contribution is 5.82. The first-order chi connectivity index (χ1) is 18.9. The second kappa shape index (κ2) is 29.0. The minimum atomic E-state index is -1.39. The molecule has 4 unspecified atom stereocenters. The maximum atomic E-state index is 12.7. The fourth-order valence-corrected chi connectivity index (χ4v) is 5.70. The fourth-order valence-electron chi connectivity index (χ4n) is 5.70. The zero-order chi connectivity index (χ0) is 29.0. The van der Waals surface area contributed by atoms with E-state index >= 15 is 0 Å². The molecule has 0 amide bonds. The molecular formula is C34H69NO4. The van der Waals surface area contributed by atoms with E-state index in [2.05, 4.69) is 13.8 Å². The molecule has 0 fully saturated rings. The van der Waals surface area contributed by atoms with Gasteiger partial charge in [0.15, 0.2) is 0 Å². The summed E-state index contributed by atoms with van der Waals surface area (Å²) in [5.41, 5.74) is 5.66. The van der Waals surface area contributed by atoms with Crippen molar-refractivity contribution in [3.8, 4) is 0 Å². The van der Waals surface area contributed by atoms with Gasteiger partial charge in [0, 0.05) is 6.42 Å². The summed E-state index contributed by atoms with van der Waals surface area (Å²) in [5, 5.41) is 30.9. The number of unbranched alkanes of at least 4 members (excludes halogenated alkanes) is 22. The molecule has 0 aromatic heterocycles. The molecule has 0 heterocycles. The van der Waals surface area contributed by atoms with E-state index in [4.69, 9.17) is 5.73 Å². The number of nitrogens with two attached hydrogens (primary N) is 1. The van der Waals surface area contributed by atoms with Gasteiger partial charge in [-0.15, -0.1) is 0 Å². The molecule has 0 saturated heterocycles. The number of ketones is 1. The van der Waals surface area contributed by atoms with Gasteiger partial charge in [-0.2, -0.15) is 0 Å². The molecule has 4 atom stereocenters. The third-order valence-electron chi connectivity index (χ3n) is 8.34. The van der Waals surface area contributed by atoms with Gasteiger partial charge in [0.2, 0.25) is 0 Å². The summed E-state index contributed by atoms with van der Waals surface area (Å²) in [6.07, 6.45) is 28.1. The largest absolute Gasteiger partial charge is 0.393 e. The average Bonchev–Trinajstić information content (AvgIpc) is 2.89. The molecule has 0 aliphatic heterocycles. The number of Topliss-reactive ketones (excluding diaryl/α,β-unsaturated/α-hetero) is 1. The minimum Gasteiger partial charge on any atom is -0.393 e. The molecule has 0 rings (SSSR count). The van der Waals surface area contributed by atoms with E-state index in [1.807, 2.05) is 0 Å². The summed E-state index contributed by atoms with van der Waals surface area (Å²) in [4.78, 5) is 12.7. The first-order valence-corrected chi connectivity index (χ1v) is 17.3. The molecule has 5 heteroatoms. The zero-order valence-electron chi connectivity index (χ0n) is 26.2. The van der Waals surface area contributed by atoms with Crippen LogP contribution in [-0.4, -0.2) is 39.5 Å². The summed E-state index contributed by atoms with van der Waals surface area (Å²) >= 11 is 0. The molecule has 0 aromatic carbocycles. The van der Waals surface area contributed by atoms with Gasteiger partial charge in [-0.1, -0.05) is 168 Å². The van der Waals surface area contributed by atoms with Gasteiger partial charge in [0.05, 0.1) is 18.1 Å². The van der Waals surface area contributed by atoms with Gasteiger partial charge in [0.25, 0.3) is 0 Å². The predicted octanol–water partition coefficient (Wildman–Crippen LogP) is 8.74. The van der Waals surface area contributed by atoms with Gasteiger partial charge >= 0.3 is 0 Å². The summed E-state index contributed by atoms with van der Waals surface area (Å²) in [5.74, 6) is -1.32. The van der Waals surface area contributed by atoms with Crippen molar-refractivity contribution >= 4 is 5.78 Å². The Morgan fingerprint density at radius 3 is 1.15 bits per heavy atom. The van der Waals surface area contributed by atoms with Crippen molar-refractivity contribution in [2.24, 2.45) is 11.7 Å². The molecule has 0 bridgehead atoms. The van der Waals surface area contributed by atoms with Crippen LogP contribution in [0, 0.1) is 5.92 Å². The molecule has 0 aliphatic rings. The Bertz CT molecular complexity index is 513. The fraction of sp³-hybridized carbons (Fsp3) is 0.971. The van der Waals surface area contributed by atoms with Crippen molar-refractivity contribution in [1.82, 2.24) is 0 Å². The molecular weight excluding hydrogens is 486 g/mol. The Morgan fingerprint density at radius 2 is 0.821 bits per heavy atom. The monoisotopic (exact) mass is 556 g/mol. The van der Waals surface area contributed by atoms with E-state index in [9.17, 15) is 20.1 Å². The average molecular weight is 556 g/mol. The molecule has 0 aliphatic carbocycles. The quantitative estimate of drug-likeness (QED) is 0.0506. The first-order valence-electron chi connectivity index (χ1n) is 17.3. The number of hydrogen-bond acceptors (Lipinski definition) is 5. The van der Waals surface area contributed by atoms with Crippen molar-refractivity contribution in [1.29, 1.82) is 0 Å². The normalized spacial score (nSPS) is 14.8. The Morgan fingerprint density at radius 1 is 0.513 bits per heavy atom. The lowest BCUT2D eigenvalue weighted by Crippen LogP contribution is -2.44. The highest BCUT2D eigenvalue weighted by atomic mass is 16.3. The molecule has 0 saturated carbocycles. The molecule has 39 heavy (non-hydrogen) atoms. The van der Waals surface area contributed by atoms with Crippen LogP contribution in [0.2, 0.25) is 0 Å². The second-order valence-electron chi connectivity index (χ2n) is 12.3. The highest BCUT2D eigenvalue weighted by Gasteiger charge is 2.32. The van der Waals surface area contributed by atoms with Crippen LogP contribution >= 0.6 is 0 Å². The lowest BCUT2D eigenvalue weighted by Gasteiger charge is -2.25. The first kappa shape index (κ1) is 38.5. The van der Waals surface area contributed by atoms with Crippen LogP contribution in [0.1, 0.15) is 187 Å². The topological polar surface area (TPSA) is 104 Å². The number of aliphatic hydroxyl groups excluding tert-OH is 3. The molecule has 0 aromatic rings. The third-order valence-corrected chi connectivity index (χ3v) is 8.34. The van der Waals surface area contributed by atoms with Crippen molar-refractivity contribution in [2.75, 3.05) is 0 Å². The van der Waals surface area contributed by atoms with Crippen LogP contribution in [0.5, 0.6) is 0 Å². The maximum absolute atomic E-state index is 12.7. The number of carbonyl (C=O) groups is 1. The molecule has 0 radical (unpaired) electrons. The van der Waals surface area contributed by atoms with E-state index in [0.29, 0.717) is 12.8 Å². The standard InChI is InChI=1S/C34H69NO4/c1-3-5-7-9-11-13-15-16-18-20-22-24-26-28-31(37)33(34(35)39)32(38)29-30(36)27-25-23-21-19-17-14-12-10-8-6-4-2/h30-31,33-34,36-37,39H,3-29,35H2,1-2H3. The Kier molecular flexibility index (Phi) is 28.7. The predicted molar refractivity (Wildman–Crippen MR) is 167 cm³/mol. The van der Waals surface area contributed by atoms with Gasteiger partial charge < -0.3 is 21.1 Å². The van der Waals surface area contributed by atoms with E-state index in [1.165, 1.54) is 122 Å². The Labute approximate surface area is 243 Å². The Hall–Kier alpha value is -0.490. The van der Waals surface area contributed by atoms with Crippen molar-refractivity contribution in [3.63, 3.8) is 0 Å². The lowest BCUT2D eigenvalue weighted by molar-refractivity contribution is -0.133. The van der Waals surface area contributed by atoms with E-state index in [1.54, 1.807) is 0 Å². The van der Waals surface area contributed by atoms with E-state index in [-0.39, 0.29) is 12.2 Å². The third kappa shape index (κ3) is 25.0. The molecule has 234 valence electrons. The van der Waals surface area contributed by atoms with Gasteiger partial charge in [-0.25, -0.2) is 0 Å². The van der Waals surface area contributed by atoms with Crippen molar-refractivity contribution in [2.45, 2.75) is 206 Å². The van der Waals surface area contributed by atoms with Crippen LogP contribution in [-0.2, 0) is 4.79 Å². The zero-order valence-corrected chi connectivity index (χ0v) is 26.2. The SMILES string of the molecule is CCCCCCCCCCCCCCCC(O)C(C(=O)CC(O)CCCCCCCCCCCCC)C(N)O. The molecule has 5 N–H and O–H groups in total. The van der Waals surface area contributed by atoms with Crippen LogP contribution in [0.15, 0.2) is 0 Å². The van der Waals surface area contributed by atoms with Gasteiger partial charge in [-0.05, 0) is 12.8 Å². The number of aliphatic hydroxyl groups is 3. The van der Waals surface area contributed by atoms with E-state index in [0.717, 1.165) is 32.1 Å². The van der Waals surface area contributed by atoms with E-state index < -0.39 is 24.4 Å². The number of rotatable bonds is 31. The van der Waals surface area contributed by atoms with Crippen LogP contribution in [0.4, 0.5) is 0 Å². The van der Waals surface area contributed by atoms with Crippen molar-refractivity contribution < 1.29 is 20.1 Å². The molecule has 5 nitrogen and oxygen atoms in total. The van der Waals surface area contributed by atoms with Crippen LogP contribution in [0.3, 0.4) is 0 Å². The highest BCUT2D eigenvalue weighted by Crippen LogP contribution is 2.20. The maximum Gasteiger partial charge on any atom is 0.145 e. The van der Waals surface area contributed by atoms with Gasteiger partial charge in [0.1, 0.15) is 12.0 Å². The Balaban J connectivity index is 3.84. The summed E-state index contributed by atoms with van der Waals surface area (Å²) in [7, 11) is 0. The lowest BCUT2D eigenvalue weighted by atomic mass is 9.88. The number of hydrogen-bond donors (Lipinski definition) is 4. The second-order valence-corrected chi connectivity index (χ2v) is 12.3. The summed E-state index contributed by atoms with van der Waals surface area (Å²) in [6, 6.07) is 0. The smallest absolute Gasteiger partial charge is 0.145 e. The van der Waals surface area contributed by atoms with Gasteiger partial charge in [-0.3, -0.25) is 4.79 Å². The summed E-state index contributed by atoms with van der Waals surface area (Å²) < 4.78 is 0. The summed E-state index contributed by atoms with van der Waals surface area (Å²) in [6.45, 7) is 4.50. The van der Waals surface area contributed by atoms with Crippen LogP contribution < -0.4 is 5.73 Å². The minimum absolute atomic E-state index is 0.0354. The van der Waals surface area contributed by atoms with Crippen molar-refractivity contribution in [3.05, 3.63) is 0 Å². The molecule has 0 spiro atoms. The number of carbonyl (C=O) groups excluding carboxylic acids is 1. The van der Waals surface area contributed by atoms with Crippen LogP contribution in [0.25, 0.3) is 0 Å².